The molecule has 244 valence electrons. The largest absolute Gasteiger partial charge is 0.456 e. The van der Waals surface area contributed by atoms with E-state index in [1.807, 2.05) is 18.3 Å². The minimum absolute atomic E-state index is 0.835. The highest BCUT2D eigenvalue weighted by Crippen LogP contribution is 2.44. The van der Waals surface area contributed by atoms with Crippen molar-refractivity contribution in [3.8, 4) is 33.4 Å². The molecule has 52 heavy (non-hydrogen) atoms. The third-order valence-electron chi connectivity index (χ3n) is 10.1. The molecule has 0 saturated heterocycles. The fraction of sp³-hybridized carbons (Fsp3) is 0. The molecule has 0 fully saturated rings. The monoisotopic (exact) mass is 664 g/mol. The van der Waals surface area contributed by atoms with Gasteiger partial charge in [0.05, 0.1) is 5.52 Å². The molecule has 0 aliphatic carbocycles. The van der Waals surface area contributed by atoms with Crippen LogP contribution in [0.15, 0.2) is 199 Å². The van der Waals surface area contributed by atoms with Crippen molar-refractivity contribution in [3.05, 3.63) is 194 Å². The molecule has 0 N–H and O–H groups in total. The van der Waals surface area contributed by atoms with Gasteiger partial charge in [-0.2, -0.15) is 0 Å². The number of nitrogens with zero attached hydrogens (tertiary/aromatic N) is 2. The van der Waals surface area contributed by atoms with E-state index in [9.17, 15) is 0 Å². The fourth-order valence-corrected chi connectivity index (χ4v) is 7.51. The molecule has 0 atom stereocenters. The van der Waals surface area contributed by atoms with Crippen LogP contribution in [0.1, 0.15) is 0 Å². The maximum atomic E-state index is 6.40. The van der Waals surface area contributed by atoms with Crippen LogP contribution in [0, 0.1) is 0 Å². The summed E-state index contributed by atoms with van der Waals surface area (Å²) in [6.45, 7) is 0. The summed E-state index contributed by atoms with van der Waals surface area (Å²) in [7, 11) is 0. The Kier molecular flexibility index (Phi) is 7.14. The first-order valence-electron chi connectivity index (χ1n) is 17.6. The van der Waals surface area contributed by atoms with Gasteiger partial charge in [-0.15, -0.1) is 0 Å². The highest BCUT2D eigenvalue weighted by molar-refractivity contribution is 6.10. The van der Waals surface area contributed by atoms with Gasteiger partial charge in [0, 0.05) is 45.5 Å². The van der Waals surface area contributed by atoms with Crippen molar-refractivity contribution in [1.82, 2.24) is 4.98 Å². The van der Waals surface area contributed by atoms with Gasteiger partial charge in [0.2, 0.25) is 0 Å². The van der Waals surface area contributed by atoms with Gasteiger partial charge in [0.15, 0.2) is 0 Å². The molecule has 2 heterocycles. The van der Waals surface area contributed by atoms with Crippen molar-refractivity contribution < 1.29 is 4.42 Å². The average molecular weight is 665 g/mol. The van der Waals surface area contributed by atoms with Gasteiger partial charge in [-0.25, -0.2) is 0 Å². The summed E-state index contributed by atoms with van der Waals surface area (Å²) >= 11 is 0. The summed E-state index contributed by atoms with van der Waals surface area (Å²) in [6, 6.07) is 67.1. The molecule has 0 aliphatic heterocycles. The van der Waals surface area contributed by atoms with Crippen LogP contribution < -0.4 is 4.90 Å². The number of benzene rings is 8. The lowest BCUT2D eigenvalue weighted by Gasteiger charge is -2.27. The number of furan rings is 1. The molecule has 0 bridgehead atoms. The summed E-state index contributed by atoms with van der Waals surface area (Å²) in [5.41, 5.74) is 12.8. The quantitative estimate of drug-likeness (QED) is 0.177. The van der Waals surface area contributed by atoms with Crippen LogP contribution in [0.25, 0.3) is 77.0 Å². The molecule has 10 rings (SSSR count). The van der Waals surface area contributed by atoms with Gasteiger partial charge in [0.1, 0.15) is 11.2 Å². The molecule has 3 heteroatoms. The zero-order valence-corrected chi connectivity index (χ0v) is 28.3. The minimum atomic E-state index is 0.835. The highest BCUT2D eigenvalue weighted by Gasteiger charge is 2.19. The number of fused-ring (bicyclic) bond motifs is 5. The van der Waals surface area contributed by atoms with Crippen molar-refractivity contribution >= 4 is 60.7 Å². The highest BCUT2D eigenvalue weighted by atomic mass is 16.3. The van der Waals surface area contributed by atoms with Gasteiger partial charge < -0.3 is 9.32 Å². The van der Waals surface area contributed by atoms with Crippen LogP contribution in [-0.4, -0.2) is 4.98 Å². The molecule has 2 aromatic heterocycles. The predicted molar refractivity (Wildman–Crippen MR) is 218 cm³/mol. The Balaban J connectivity index is 1.21. The number of hydrogen-bond acceptors (Lipinski definition) is 3. The maximum absolute atomic E-state index is 6.40. The Hall–Kier alpha value is -6.97. The van der Waals surface area contributed by atoms with Gasteiger partial charge in [0.25, 0.3) is 0 Å². The van der Waals surface area contributed by atoms with Crippen LogP contribution in [0.4, 0.5) is 17.1 Å². The van der Waals surface area contributed by atoms with E-state index < -0.39 is 0 Å². The Morgan fingerprint density at radius 3 is 1.92 bits per heavy atom. The van der Waals surface area contributed by atoms with E-state index in [1.54, 1.807) is 0 Å². The normalized spacial score (nSPS) is 11.5. The molecule has 3 nitrogen and oxygen atoms in total. The van der Waals surface area contributed by atoms with E-state index in [0.717, 1.165) is 55.5 Å². The van der Waals surface area contributed by atoms with Crippen LogP contribution in [-0.2, 0) is 0 Å². The standard InChI is InChI=1S/C49H32N2O/c1-3-11-33(12-4-1)37-17-9-19-40(28-37)51(42-23-25-48-46(31-42)45-29-39-18-10-26-50-47(39)32-49(45)52-48)41-22-24-43(35-14-5-2-6-15-35)44(30-41)38-21-20-34-13-7-8-16-36(34)27-38/h1-32H. The first kappa shape index (κ1) is 29.9. The molecular weight excluding hydrogens is 633 g/mol. The second-order valence-electron chi connectivity index (χ2n) is 13.2. The predicted octanol–water partition coefficient (Wildman–Crippen LogP) is 13.8. The number of pyridine rings is 1. The lowest BCUT2D eigenvalue weighted by Crippen LogP contribution is -2.10. The van der Waals surface area contributed by atoms with E-state index >= 15 is 0 Å². The summed E-state index contributed by atoms with van der Waals surface area (Å²) in [5.74, 6) is 0. The summed E-state index contributed by atoms with van der Waals surface area (Å²) in [5, 5.41) is 5.68. The Labute approximate surface area is 301 Å². The van der Waals surface area contributed by atoms with Crippen molar-refractivity contribution in [2.24, 2.45) is 0 Å². The van der Waals surface area contributed by atoms with Gasteiger partial charge in [-0.1, -0.05) is 121 Å². The Bertz CT molecular complexity index is 2910. The molecule has 0 aliphatic rings. The first-order chi connectivity index (χ1) is 25.7. The lowest BCUT2D eigenvalue weighted by atomic mass is 9.92. The van der Waals surface area contributed by atoms with Crippen molar-refractivity contribution in [3.63, 3.8) is 0 Å². The third kappa shape index (κ3) is 5.28. The second kappa shape index (κ2) is 12.4. The van der Waals surface area contributed by atoms with Crippen LogP contribution in [0.5, 0.6) is 0 Å². The molecule has 0 saturated carbocycles. The Morgan fingerprint density at radius 1 is 0.365 bits per heavy atom. The number of rotatable bonds is 6. The van der Waals surface area contributed by atoms with Crippen molar-refractivity contribution in [2.75, 3.05) is 4.90 Å². The van der Waals surface area contributed by atoms with E-state index in [1.165, 1.54) is 38.6 Å². The summed E-state index contributed by atoms with van der Waals surface area (Å²) in [4.78, 5) is 6.94. The van der Waals surface area contributed by atoms with Gasteiger partial charge >= 0.3 is 0 Å². The zero-order chi connectivity index (χ0) is 34.4. The molecule has 0 radical (unpaired) electrons. The smallest absolute Gasteiger partial charge is 0.137 e. The topological polar surface area (TPSA) is 29.3 Å². The molecule has 8 aromatic carbocycles. The SMILES string of the molecule is c1ccc(-c2cccc(N(c3ccc(-c4ccccc4)c(-c4ccc5ccccc5c4)c3)c3ccc4oc5cc6ncccc6cc5c4c3)c2)cc1. The van der Waals surface area contributed by atoms with Crippen LogP contribution in [0.3, 0.4) is 0 Å². The number of anilines is 3. The zero-order valence-electron chi connectivity index (χ0n) is 28.3. The average Bonchev–Trinajstić information content (AvgIpc) is 3.57. The molecule has 0 unspecified atom stereocenters. The van der Waals surface area contributed by atoms with E-state index in [0.29, 0.717) is 0 Å². The molecule has 0 amide bonds. The maximum Gasteiger partial charge on any atom is 0.137 e. The molecular formula is C49H32N2O. The van der Waals surface area contributed by atoms with Crippen molar-refractivity contribution in [1.29, 1.82) is 0 Å². The number of aromatic nitrogens is 1. The van der Waals surface area contributed by atoms with Gasteiger partial charge in [-0.3, -0.25) is 4.98 Å². The molecule has 0 spiro atoms. The summed E-state index contributed by atoms with van der Waals surface area (Å²) in [6.07, 6.45) is 1.83. The van der Waals surface area contributed by atoms with E-state index in [2.05, 4.69) is 186 Å². The van der Waals surface area contributed by atoms with Crippen LogP contribution >= 0.6 is 0 Å². The lowest BCUT2D eigenvalue weighted by molar-refractivity contribution is 0.669. The minimum Gasteiger partial charge on any atom is -0.456 e. The number of hydrogen-bond donors (Lipinski definition) is 0. The fourth-order valence-electron chi connectivity index (χ4n) is 7.51. The van der Waals surface area contributed by atoms with Gasteiger partial charge in [-0.05, 0) is 105 Å². The Morgan fingerprint density at radius 2 is 1.06 bits per heavy atom. The second-order valence-corrected chi connectivity index (χ2v) is 13.2. The third-order valence-corrected chi connectivity index (χ3v) is 10.1. The van der Waals surface area contributed by atoms with E-state index in [-0.39, 0.29) is 0 Å². The van der Waals surface area contributed by atoms with Crippen LogP contribution in [0.2, 0.25) is 0 Å². The first-order valence-corrected chi connectivity index (χ1v) is 17.6. The summed E-state index contributed by atoms with van der Waals surface area (Å²) < 4.78 is 6.40. The molecule has 10 aromatic rings. The van der Waals surface area contributed by atoms with E-state index in [4.69, 9.17) is 4.42 Å². The van der Waals surface area contributed by atoms with Crippen molar-refractivity contribution in [2.45, 2.75) is 0 Å².